The Bertz CT molecular complexity index is 455. The third kappa shape index (κ3) is 3.12. The highest BCUT2D eigenvalue weighted by atomic mass is 16.5. The summed E-state index contributed by atoms with van der Waals surface area (Å²) in [6, 6.07) is 0.596. The monoisotopic (exact) mass is 264 g/mol. The molecule has 1 saturated carbocycles. The summed E-state index contributed by atoms with van der Waals surface area (Å²) < 4.78 is 5.08. The van der Waals surface area contributed by atoms with Gasteiger partial charge in [0.15, 0.2) is 5.82 Å². The molecule has 1 aliphatic carbocycles. The number of rotatable bonds is 5. The molecule has 1 N–H and O–H groups in total. The Morgan fingerprint density at radius 1 is 1.42 bits per heavy atom. The number of likely N-dealkylation sites (tertiary alicyclic amines) is 1. The Morgan fingerprint density at radius 2 is 2.26 bits per heavy atom. The molecule has 6 nitrogen and oxygen atoms in total. The summed E-state index contributed by atoms with van der Waals surface area (Å²) in [5.41, 5.74) is 0. The van der Waals surface area contributed by atoms with E-state index < -0.39 is 0 Å². The molecule has 1 atom stereocenters. The minimum atomic E-state index is 0.0191. The van der Waals surface area contributed by atoms with Crippen molar-refractivity contribution in [3.05, 3.63) is 11.7 Å². The minimum Gasteiger partial charge on any atom is -0.341 e. The Kier molecular flexibility index (Phi) is 3.50. The van der Waals surface area contributed by atoms with Gasteiger partial charge in [-0.25, -0.2) is 0 Å². The lowest BCUT2D eigenvalue weighted by Gasteiger charge is -2.32. The first-order valence-electron chi connectivity index (χ1n) is 7.06. The smallest absolute Gasteiger partial charge is 0.239 e. The number of nitrogens with zero attached hydrogens (tertiary/aromatic N) is 3. The second-order valence-corrected chi connectivity index (χ2v) is 5.45. The van der Waals surface area contributed by atoms with E-state index in [0.29, 0.717) is 30.7 Å². The topological polar surface area (TPSA) is 71.3 Å². The zero-order valence-electron chi connectivity index (χ0n) is 11.3. The van der Waals surface area contributed by atoms with Crippen LogP contribution in [-0.2, 0) is 11.2 Å². The summed E-state index contributed by atoms with van der Waals surface area (Å²) in [4.78, 5) is 18.4. The van der Waals surface area contributed by atoms with E-state index in [2.05, 4.69) is 15.5 Å². The fourth-order valence-electron chi connectivity index (χ4n) is 2.52. The van der Waals surface area contributed by atoms with Crippen molar-refractivity contribution in [3.8, 4) is 0 Å². The third-order valence-corrected chi connectivity index (χ3v) is 3.71. The molecule has 1 aromatic heterocycles. The summed E-state index contributed by atoms with van der Waals surface area (Å²) >= 11 is 0. The van der Waals surface area contributed by atoms with Crippen LogP contribution in [0, 0.1) is 6.92 Å². The van der Waals surface area contributed by atoms with Gasteiger partial charge in [-0.15, -0.1) is 0 Å². The average Bonchev–Trinajstić information content (AvgIpc) is 3.12. The number of hydrogen-bond donors (Lipinski definition) is 1. The lowest BCUT2D eigenvalue weighted by atomic mass is 10.0. The molecule has 1 amide bonds. The van der Waals surface area contributed by atoms with Gasteiger partial charge in [0, 0.05) is 25.6 Å². The van der Waals surface area contributed by atoms with E-state index in [-0.39, 0.29) is 11.9 Å². The molecule has 2 heterocycles. The van der Waals surface area contributed by atoms with E-state index in [1.165, 1.54) is 12.8 Å². The molecule has 104 valence electrons. The van der Waals surface area contributed by atoms with Crippen molar-refractivity contribution in [1.29, 1.82) is 0 Å². The van der Waals surface area contributed by atoms with Crippen molar-refractivity contribution in [2.24, 2.45) is 0 Å². The van der Waals surface area contributed by atoms with Crippen LogP contribution in [0.2, 0.25) is 0 Å². The predicted octanol–water partition coefficient (Wildman–Crippen LogP) is 0.664. The van der Waals surface area contributed by atoms with Crippen LogP contribution in [-0.4, -0.2) is 46.1 Å². The molecule has 0 radical (unpaired) electrons. The summed E-state index contributed by atoms with van der Waals surface area (Å²) in [6.07, 6.45) is 5.10. The molecule has 1 aliphatic heterocycles. The Labute approximate surface area is 112 Å². The van der Waals surface area contributed by atoms with E-state index in [9.17, 15) is 4.79 Å². The number of carbonyl (C=O) groups is 1. The minimum absolute atomic E-state index is 0.0191. The van der Waals surface area contributed by atoms with E-state index in [1.54, 1.807) is 6.92 Å². The fraction of sp³-hybridized carbons (Fsp3) is 0.769. The highest BCUT2D eigenvalue weighted by Crippen LogP contribution is 2.22. The van der Waals surface area contributed by atoms with Gasteiger partial charge in [0.25, 0.3) is 0 Å². The van der Waals surface area contributed by atoms with E-state index in [0.717, 1.165) is 19.4 Å². The van der Waals surface area contributed by atoms with Gasteiger partial charge in [0.1, 0.15) is 0 Å². The Hall–Kier alpha value is -1.43. The van der Waals surface area contributed by atoms with Crippen molar-refractivity contribution in [2.45, 2.75) is 51.1 Å². The van der Waals surface area contributed by atoms with E-state index >= 15 is 0 Å². The number of carbonyl (C=O) groups excluding carboxylic acids is 1. The number of aromatic nitrogens is 2. The number of nitrogens with one attached hydrogen (secondary N) is 1. The molecule has 0 spiro atoms. The second kappa shape index (κ2) is 5.28. The number of aryl methyl sites for hydroxylation is 1. The van der Waals surface area contributed by atoms with Crippen molar-refractivity contribution in [3.63, 3.8) is 0 Å². The highest BCUT2D eigenvalue weighted by Gasteiger charge is 2.33. The molecule has 1 aromatic rings. The van der Waals surface area contributed by atoms with Crippen molar-refractivity contribution in [2.75, 3.05) is 13.1 Å². The summed E-state index contributed by atoms with van der Waals surface area (Å²) in [5.74, 6) is 1.49. The van der Waals surface area contributed by atoms with E-state index in [4.69, 9.17) is 4.52 Å². The molecule has 6 heteroatoms. The quantitative estimate of drug-likeness (QED) is 0.846. The zero-order chi connectivity index (χ0) is 13.2. The Morgan fingerprint density at radius 3 is 2.95 bits per heavy atom. The van der Waals surface area contributed by atoms with E-state index in [1.807, 2.05) is 4.90 Å². The SMILES string of the molecule is Cc1noc(CCN2CCCC(NC3CC3)C2=O)n1. The highest BCUT2D eigenvalue weighted by molar-refractivity contribution is 5.82. The van der Waals surface area contributed by atoms with Gasteiger partial charge in [-0.3, -0.25) is 4.79 Å². The summed E-state index contributed by atoms with van der Waals surface area (Å²) in [6.45, 7) is 3.31. The molecular formula is C13H20N4O2. The van der Waals surface area contributed by atoms with Gasteiger partial charge in [-0.05, 0) is 32.6 Å². The van der Waals surface area contributed by atoms with Crippen LogP contribution >= 0.6 is 0 Å². The van der Waals surface area contributed by atoms with Crippen molar-refractivity contribution < 1.29 is 9.32 Å². The van der Waals surface area contributed by atoms with Gasteiger partial charge >= 0.3 is 0 Å². The van der Waals surface area contributed by atoms with Crippen LogP contribution in [0.3, 0.4) is 0 Å². The lowest BCUT2D eigenvalue weighted by Crippen LogP contribution is -2.51. The van der Waals surface area contributed by atoms with Gasteiger partial charge in [0.2, 0.25) is 11.8 Å². The molecular weight excluding hydrogens is 244 g/mol. The van der Waals surface area contributed by atoms with Crippen molar-refractivity contribution >= 4 is 5.91 Å². The predicted molar refractivity (Wildman–Crippen MR) is 68.5 cm³/mol. The van der Waals surface area contributed by atoms with Gasteiger partial charge in [0.05, 0.1) is 6.04 Å². The molecule has 0 aromatic carbocycles. The standard InChI is InChI=1S/C13H20N4O2/c1-9-14-12(19-16-9)6-8-17-7-2-3-11(13(17)18)15-10-4-5-10/h10-11,15H,2-8H2,1H3. The number of hydrogen-bond acceptors (Lipinski definition) is 5. The number of piperidine rings is 1. The summed E-state index contributed by atoms with van der Waals surface area (Å²) in [7, 11) is 0. The zero-order valence-corrected chi connectivity index (χ0v) is 11.3. The first kappa shape index (κ1) is 12.6. The van der Waals surface area contributed by atoms with Gasteiger partial charge in [-0.2, -0.15) is 4.98 Å². The fourth-order valence-corrected chi connectivity index (χ4v) is 2.52. The normalized spacial score (nSPS) is 23.9. The first-order chi connectivity index (χ1) is 9.22. The Balaban J connectivity index is 1.52. The maximum absolute atomic E-state index is 12.3. The molecule has 19 heavy (non-hydrogen) atoms. The van der Waals surface area contributed by atoms with Crippen LogP contribution in [0.1, 0.15) is 37.4 Å². The van der Waals surface area contributed by atoms with Gasteiger partial charge in [-0.1, -0.05) is 5.16 Å². The van der Waals surface area contributed by atoms with Gasteiger partial charge < -0.3 is 14.7 Å². The van der Waals surface area contributed by atoms with Crippen LogP contribution in [0.4, 0.5) is 0 Å². The van der Waals surface area contributed by atoms with Crippen LogP contribution in [0.15, 0.2) is 4.52 Å². The molecule has 0 bridgehead atoms. The molecule has 2 aliphatic rings. The molecule has 3 rings (SSSR count). The van der Waals surface area contributed by atoms with Crippen LogP contribution < -0.4 is 5.32 Å². The third-order valence-electron chi connectivity index (χ3n) is 3.71. The lowest BCUT2D eigenvalue weighted by molar-refractivity contribution is -0.136. The average molecular weight is 264 g/mol. The second-order valence-electron chi connectivity index (χ2n) is 5.45. The van der Waals surface area contributed by atoms with Crippen molar-refractivity contribution in [1.82, 2.24) is 20.4 Å². The van der Waals surface area contributed by atoms with Crippen LogP contribution in [0.25, 0.3) is 0 Å². The molecule has 2 fully saturated rings. The molecule has 1 unspecified atom stereocenters. The summed E-state index contributed by atoms with van der Waals surface area (Å²) in [5, 5.41) is 7.19. The maximum Gasteiger partial charge on any atom is 0.239 e. The van der Waals surface area contributed by atoms with Crippen LogP contribution in [0.5, 0.6) is 0 Å². The first-order valence-corrected chi connectivity index (χ1v) is 7.06. The molecule has 1 saturated heterocycles. The largest absolute Gasteiger partial charge is 0.341 e. The maximum atomic E-state index is 12.3. The number of amides is 1.